The summed E-state index contributed by atoms with van der Waals surface area (Å²) in [6.07, 6.45) is 1.78. The Kier molecular flexibility index (Phi) is 3.99. The highest BCUT2D eigenvalue weighted by molar-refractivity contribution is 5.95. The maximum atomic E-state index is 13.7. The van der Waals surface area contributed by atoms with Crippen molar-refractivity contribution in [1.29, 1.82) is 0 Å². The Bertz CT molecular complexity index is 488. The zero-order valence-electron chi connectivity index (χ0n) is 10.7. The lowest BCUT2D eigenvalue weighted by Gasteiger charge is -2.21. The second-order valence-corrected chi connectivity index (χ2v) is 4.68. The fraction of sp³-hybridized carbons (Fsp3) is 0.462. The first kappa shape index (κ1) is 13.7. The summed E-state index contributed by atoms with van der Waals surface area (Å²) in [5.41, 5.74) is 4.60. The highest BCUT2D eigenvalue weighted by Gasteiger charge is 2.23. The first-order chi connectivity index (χ1) is 8.99. The minimum absolute atomic E-state index is 0.0390. The van der Waals surface area contributed by atoms with Crippen LogP contribution in [0.4, 0.5) is 14.5 Å². The minimum Gasteiger partial charge on any atom is -0.396 e. The standard InChI is InChI=1S/C13H16F2N2O2/c1-17(7-9-3-2-4-19-9)13(18)10-5-8(14)6-11(16)12(10)15/h5-6,9H,2-4,7,16H2,1H3. The Morgan fingerprint density at radius 3 is 2.89 bits per heavy atom. The highest BCUT2D eigenvalue weighted by atomic mass is 19.1. The summed E-state index contributed by atoms with van der Waals surface area (Å²) in [5.74, 6) is -2.21. The van der Waals surface area contributed by atoms with Gasteiger partial charge < -0.3 is 15.4 Å². The Balaban J connectivity index is 2.14. The van der Waals surface area contributed by atoms with E-state index < -0.39 is 17.5 Å². The largest absolute Gasteiger partial charge is 0.396 e. The van der Waals surface area contributed by atoms with Crippen molar-refractivity contribution in [3.63, 3.8) is 0 Å². The van der Waals surface area contributed by atoms with E-state index in [0.29, 0.717) is 13.2 Å². The first-order valence-corrected chi connectivity index (χ1v) is 6.10. The molecule has 1 atom stereocenters. The number of likely N-dealkylation sites (N-methyl/N-ethyl adjacent to an activating group) is 1. The van der Waals surface area contributed by atoms with Crippen LogP contribution in [-0.2, 0) is 4.74 Å². The zero-order valence-corrected chi connectivity index (χ0v) is 10.7. The molecule has 2 N–H and O–H groups in total. The molecule has 1 fully saturated rings. The summed E-state index contributed by atoms with van der Waals surface area (Å²) in [5, 5.41) is 0. The molecule has 1 heterocycles. The molecule has 1 aliphatic heterocycles. The van der Waals surface area contributed by atoms with Crippen molar-refractivity contribution < 1.29 is 18.3 Å². The number of amides is 1. The van der Waals surface area contributed by atoms with Crippen molar-refractivity contribution in [2.24, 2.45) is 0 Å². The highest BCUT2D eigenvalue weighted by Crippen LogP contribution is 2.20. The second-order valence-electron chi connectivity index (χ2n) is 4.68. The molecule has 6 heteroatoms. The number of carbonyl (C=O) groups is 1. The van der Waals surface area contributed by atoms with Crippen LogP contribution in [0.3, 0.4) is 0 Å². The summed E-state index contributed by atoms with van der Waals surface area (Å²) in [6, 6.07) is 1.71. The SMILES string of the molecule is CN(CC1CCCO1)C(=O)c1cc(F)cc(N)c1F. The van der Waals surface area contributed by atoms with Crippen molar-refractivity contribution in [2.75, 3.05) is 25.9 Å². The predicted molar refractivity (Wildman–Crippen MR) is 66.7 cm³/mol. The third-order valence-electron chi connectivity index (χ3n) is 3.14. The van der Waals surface area contributed by atoms with Crippen molar-refractivity contribution in [1.82, 2.24) is 4.90 Å². The van der Waals surface area contributed by atoms with Gasteiger partial charge in [-0.3, -0.25) is 4.79 Å². The van der Waals surface area contributed by atoms with E-state index >= 15 is 0 Å². The van der Waals surface area contributed by atoms with Crippen LogP contribution in [-0.4, -0.2) is 37.1 Å². The van der Waals surface area contributed by atoms with Crippen LogP contribution in [0.2, 0.25) is 0 Å². The van der Waals surface area contributed by atoms with Crippen LogP contribution in [0.5, 0.6) is 0 Å². The number of carbonyl (C=O) groups excluding carboxylic acids is 1. The molecule has 1 aliphatic rings. The van der Waals surface area contributed by atoms with Gasteiger partial charge in [-0.2, -0.15) is 0 Å². The Morgan fingerprint density at radius 2 is 2.26 bits per heavy atom. The van der Waals surface area contributed by atoms with E-state index in [4.69, 9.17) is 10.5 Å². The zero-order chi connectivity index (χ0) is 14.0. The van der Waals surface area contributed by atoms with Gasteiger partial charge in [-0.05, 0) is 25.0 Å². The number of nitrogens with two attached hydrogens (primary N) is 1. The number of anilines is 1. The lowest BCUT2D eigenvalue weighted by atomic mass is 10.1. The minimum atomic E-state index is -0.884. The maximum absolute atomic E-state index is 13.7. The molecule has 0 bridgehead atoms. The molecule has 0 spiro atoms. The number of nitrogens with zero attached hydrogens (tertiary/aromatic N) is 1. The van der Waals surface area contributed by atoms with Gasteiger partial charge in [0.2, 0.25) is 0 Å². The molecular formula is C13H16F2N2O2. The number of halogens is 2. The van der Waals surface area contributed by atoms with E-state index in [-0.39, 0.29) is 17.4 Å². The average molecular weight is 270 g/mol. The van der Waals surface area contributed by atoms with Gasteiger partial charge in [-0.15, -0.1) is 0 Å². The molecule has 1 aromatic carbocycles. The number of rotatable bonds is 3. The van der Waals surface area contributed by atoms with Gasteiger partial charge in [0.25, 0.3) is 5.91 Å². The average Bonchev–Trinajstić information content (AvgIpc) is 2.85. The third kappa shape index (κ3) is 3.01. The van der Waals surface area contributed by atoms with E-state index in [1.54, 1.807) is 0 Å². The molecule has 2 rings (SSSR count). The van der Waals surface area contributed by atoms with Gasteiger partial charge >= 0.3 is 0 Å². The Hall–Kier alpha value is -1.69. The predicted octanol–water partition coefficient (Wildman–Crippen LogP) is 1.80. The van der Waals surface area contributed by atoms with Gasteiger partial charge in [0.1, 0.15) is 5.82 Å². The van der Waals surface area contributed by atoms with Crippen molar-refractivity contribution in [2.45, 2.75) is 18.9 Å². The molecule has 104 valence electrons. The molecule has 0 aliphatic carbocycles. The smallest absolute Gasteiger partial charge is 0.256 e. The van der Waals surface area contributed by atoms with Crippen LogP contribution >= 0.6 is 0 Å². The van der Waals surface area contributed by atoms with Crippen LogP contribution in [0.25, 0.3) is 0 Å². The molecule has 0 aromatic heterocycles. The fourth-order valence-electron chi connectivity index (χ4n) is 2.15. The first-order valence-electron chi connectivity index (χ1n) is 6.10. The lowest BCUT2D eigenvalue weighted by molar-refractivity contribution is 0.0583. The van der Waals surface area contributed by atoms with Crippen LogP contribution in [0.1, 0.15) is 23.2 Å². The fourth-order valence-corrected chi connectivity index (χ4v) is 2.15. The van der Waals surface area contributed by atoms with Gasteiger partial charge in [0, 0.05) is 20.2 Å². The lowest BCUT2D eigenvalue weighted by Crippen LogP contribution is -2.34. The molecule has 0 saturated carbocycles. The summed E-state index contributed by atoms with van der Waals surface area (Å²) >= 11 is 0. The molecule has 1 aromatic rings. The van der Waals surface area contributed by atoms with Crippen LogP contribution < -0.4 is 5.73 Å². The van der Waals surface area contributed by atoms with E-state index in [1.165, 1.54) is 11.9 Å². The molecular weight excluding hydrogens is 254 g/mol. The van der Waals surface area contributed by atoms with E-state index in [1.807, 2.05) is 0 Å². The van der Waals surface area contributed by atoms with E-state index in [9.17, 15) is 13.6 Å². The van der Waals surface area contributed by atoms with Gasteiger partial charge in [0.15, 0.2) is 5.82 Å². The molecule has 4 nitrogen and oxygen atoms in total. The topological polar surface area (TPSA) is 55.6 Å². The van der Waals surface area contributed by atoms with E-state index in [0.717, 1.165) is 25.0 Å². The van der Waals surface area contributed by atoms with Gasteiger partial charge in [-0.1, -0.05) is 0 Å². The maximum Gasteiger partial charge on any atom is 0.256 e. The Labute approximate surface area is 110 Å². The summed E-state index contributed by atoms with van der Waals surface area (Å²) in [4.78, 5) is 13.4. The van der Waals surface area contributed by atoms with Crippen molar-refractivity contribution in [3.8, 4) is 0 Å². The number of hydrogen-bond donors (Lipinski definition) is 1. The quantitative estimate of drug-likeness (QED) is 0.852. The third-order valence-corrected chi connectivity index (χ3v) is 3.14. The van der Waals surface area contributed by atoms with Crippen molar-refractivity contribution in [3.05, 3.63) is 29.3 Å². The van der Waals surface area contributed by atoms with E-state index in [2.05, 4.69) is 0 Å². The molecule has 1 saturated heterocycles. The van der Waals surface area contributed by atoms with Crippen LogP contribution in [0, 0.1) is 11.6 Å². The van der Waals surface area contributed by atoms with Crippen LogP contribution in [0.15, 0.2) is 12.1 Å². The van der Waals surface area contributed by atoms with Gasteiger partial charge in [-0.25, -0.2) is 8.78 Å². The summed E-state index contributed by atoms with van der Waals surface area (Å²) < 4.78 is 32.3. The summed E-state index contributed by atoms with van der Waals surface area (Å²) in [6.45, 7) is 1.03. The molecule has 1 amide bonds. The number of benzene rings is 1. The second kappa shape index (κ2) is 5.52. The summed E-state index contributed by atoms with van der Waals surface area (Å²) in [7, 11) is 1.53. The molecule has 1 unspecified atom stereocenters. The molecule has 0 radical (unpaired) electrons. The monoisotopic (exact) mass is 270 g/mol. The number of hydrogen-bond acceptors (Lipinski definition) is 3. The normalized spacial score (nSPS) is 18.6. The van der Waals surface area contributed by atoms with Crippen molar-refractivity contribution >= 4 is 11.6 Å². The van der Waals surface area contributed by atoms with Gasteiger partial charge in [0.05, 0.1) is 17.4 Å². The number of nitrogen functional groups attached to an aromatic ring is 1. The number of ether oxygens (including phenoxy) is 1. The Morgan fingerprint density at radius 1 is 1.53 bits per heavy atom. The molecule has 19 heavy (non-hydrogen) atoms.